The summed E-state index contributed by atoms with van der Waals surface area (Å²) in [4.78, 5) is 16.4. The van der Waals surface area contributed by atoms with Crippen LogP contribution >= 0.6 is 0 Å². The molecule has 1 heterocycles. The van der Waals surface area contributed by atoms with Gasteiger partial charge in [-0.1, -0.05) is 29.8 Å². The highest BCUT2D eigenvalue weighted by Gasteiger charge is 2.16. The molecule has 0 saturated heterocycles. The molecule has 0 spiro atoms. The van der Waals surface area contributed by atoms with E-state index in [0.29, 0.717) is 22.3 Å². The number of fused-ring (bicyclic) bond motifs is 1. The number of benzene rings is 2. The van der Waals surface area contributed by atoms with Crippen LogP contribution in [0, 0.1) is 13.8 Å². The second-order valence-corrected chi connectivity index (χ2v) is 5.54. The van der Waals surface area contributed by atoms with E-state index >= 15 is 0 Å². The Morgan fingerprint density at radius 2 is 1.91 bits per heavy atom. The number of para-hydroxylation sites is 1. The van der Waals surface area contributed by atoms with E-state index in [0.717, 1.165) is 16.7 Å². The van der Waals surface area contributed by atoms with E-state index in [9.17, 15) is 9.90 Å². The minimum Gasteiger partial charge on any atom is -0.496 e. The number of aromatic nitrogens is 1. The largest absolute Gasteiger partial charge is 0.496 e. The van der Waals surface area contributed by atoms with Crippen LogP contribution in [0.15, 0.2) is 42.5 Å². The van der Waals surface area contributed by atoms with E-state index < -0.39 is 5.97 Å². The normalized spacial score (nSPS) is 10.7. The maximum absolute atomic E-state index is 11.7. The minimum atomic E-state index is -0.962. The van der Waals surface area contributed by atoms with E-state index in [2.05, 4.69) is 0 Å². The number of ether oxygens (including phenoxy) is 1. The molecule has 23 heavy (non-hydrogen) atoms. The van der Waals surface area contributed by atoms with Crippen LogP contribution in [0.3, 0.4) is 0 Å². The fraction of sp³-hybridized carbons (Fsp3) is 0.158. The number of aryl methyl sites for hydroxylation is 2. The van der Waals surface area contributed by atoms with Crippen LogP contribution in [0.2, 0.25) is 0 Å². The summed E-state index contributed by atoms with van der Waals surface area (Å²) >= 11 is 0. The summed E-state index contributed by atoms with van der Waals surface area (Å²) in [6.07, 6.45) is 0. The molecular weight excluding hydrogens is 290 g/mol. The quantitative estimate of drug-likeness (QED) is 0.787. The van der Waals surface area contributed by atoms with Crippen LogP contribution in [0.25, 0.3) is 22.2 Å². The van der Waals surface area contributed by atoms with Crippen molar-refractivity contribution < 1.29 is 14.6 Å². The number of carboxylic acids is 1. The van der Waals surface area contributed by atoms with Crippen LogP contribution in [-0.4, -0.2) is 23.2 Å². The van der Waals surface area contributed by atoms with Crippen molar-refractivity contribution in [1.82, 2.24) is 4.98 Å². The third-order valence-corrected chi connectivity index (χ3v) is 3.90. The highest BCUT2D eigenvalue weighted by Crippen LogP contribution is 2.33. The summed E-state index contributed by atoms with van der Waals surface area (Å²) in [5.74, 6) is -0.289. The van der Waals surface area contributed by atoms with Gasteiger partial charge in [-0.3, -0.25) is 0 Å². The first-order valence-electron chi connectivity index (χ1n) is 7.30. The Kier molecular flexibility index (Phi) is 3.74. The van der Waals surface area contributed by atoms with Gasteiger partial charge >= 0.3 is 5.97 Å². The van der Waals surface area contributed by atoms with Crippen LogP contribution in [-0.2, 0) is 0 Å². The number of pyridine rings is 1. The minimum absolute atomic E-state index is 0.247. The molecule has 0 radical (unpaired) electrons. The number of hydrogen-bond acceptors (Lipinski definition) is 3. The van der Waals surface area contributed by atoms with Gasteiger partial charge in [0.05, 0.1) is 23.9 Å². The number of carboxylic acid groups (broad SMARTS) is 1. The number of rotatable bonds is 3. The topological polar surface area (TPSA) is 59.4 Å². The molecule has 3 rings (SSSR count). The summed E-state index contributed by atoms with van der Waals surface area (Å²) in [5, 5.41) is 10.2. The highest BCUT2D eigenvalue weighted by atomic mass is 16.5. The van der Waals surface area contributed by atoms with Gasteiger partial charge in [-0.05, 0) is 37.6 Å². The molecule has 0 atom stereocenters. The Hall–Kier alpha value is -2.88. The first-order valence-corrected chi connectivity index (χ1v) is 7.30. The average Bonchev–Trinajstić information content (AvgIpc) is 2.54. The zero-order chi connectivity index (χ0) is 16.6. The van der Waals surface area contributed by atoms with Crippen LogP contribution in [0.1, 0.15) is 21.5 Å². The molecule has 2 aromatic carbocycles. The lowest BCUT2D eigenvalue weighted by atomic mass is 10.0. The molecule has 4 nitrogen and oxygen atoms in total. The van der Waals surface area contributed by atoms with Crippen molar-refractivity contribution in [2.45, 2.75) is 13.8 Å². The van der Waals surface area contributed by atoms with E-state index in [1.54, 1.807) is 19.2 Å². The van der Waals surface area contributed by atoms with Gasteiger partial charge in [0.25, 0.3) is 0 Å². The van der Waals surface area contributed by atoms with Gasteiger partial charge in [0, 0.05) is 10.9 Å². The second-order valence-electron chi connectivity index (χ2n) is 5.54. The summed E-state index contributed by atoms with van der Waals surface area (Å²) in [5.41, 5.74) is 4.34. The zero-order valence-electron chi connectivity index (χ0n) is 13.3. The molecule has 1 aromatic heterocycles. The lowest BCUT2D eigenvalue weighted by Gasteiger charge is -2.12. The third-order valence-electron chi connectivity index (χ3n) is 3.90. The van der Waals surface area contributed by atoms with Crippen LogP contribution < -0.4 is 4.74 Å². The standard InChI is InChI=1S/C19H17NO3/c1-11-7-8-17(23-3)15(9-11)16-10-14(19(21)22)13-6-4-5-12(2)18(13)20-16/h4-10H,1-3H3,(H,21,22). The predicted molar refractivity (Wildman–Crippen MR) is 90.2 cm³/mol. The van der Waals surface area contributed by atoms with E-state index in [1.165, 1.54) is 0 Å². The molecular formula is C19H17NO3. The molecule has 0 amide bonds. The molecule has 0 unspecified atom stereocenters. The Morgan fingerprint density at radius 3 is 2.61 bits per heavy atom. The Bertz CT molecular complexity index is 916. The van der Waals surface area contributed by atoms with Gasteiger partial charge in [-0.25, -0.2) is 9.78 Å². The highest BCUT2D eigenvalue weighted by molar-refractivity contribution is 6.04. The predicted octanol–water partition coefficient (Wildman–Crippen LogP) is 4.23. The molecule has 0 bridgehead atoms. The van der Waals surface area contributed by atoms with Gasteiger partial charge in [-0.2, -0.15) is 0 Å². The molecule has 0 aliphatic heterocycles. The van der Waals surface area contributed by atoms with E-state index in [-0.39, 0.29) is 5.56 Å². The van der Waals surface area contributed by atoms with Gasteiger partial charge in [0.15, 0.2) is 0 Å². The summed E-state index contributed by atoms with van der Waals surface area (Å²) in [7, 11) is 1.60. The molecule has 1 N–H and O–H groups in total. The summed E-state index contributed by atoms with van der Waals surface area (Å²) < 4.78 is 5.41. The third kappa shape index (κ3) is 2.63. The fourth-order valence-electron chi connectivity index (χ4n) is 2.73. The number of nitrogens with zero attached hydrogens (tertiary/aromatic N) is 1. The lowest BCUT2D eigenvalue weighted by molar-refractivity contribution is 0.0699. The SMILES string of the molecule is COc1ccc(C)cc1-c1cc(C(=O)O)c2cccc(C)c2n1. The maximum Gasteiger partial charge on any atom is 0.336 e. The van der Waals surface area contributed by atoms with Crippen molar-refractivity contribution in [3.8, 4) is 17.0 Å². The van der Waals surface area contributed by atoms with Gasteiger partial charge in [0.1, 0.15) is 5.75 Å². The first kappa shape index (κ1) is 15.0. The van der Waals surface area contributed by atoms with Gasteiger partial charge in [0.2, 0.25) is 0 Å². The van der Waals surface area contributed by atoms with Crippen molar-refractivity contribution >= 4 is 16.9 Å². The zero-order valence-corrected chi connectivity index (χ0v) is 13.3. The molecule has 116 valence electrons. The van der Waals surface area contributed by atoms with Crippen LogP contribution in [0.4, 0.5) is 0 Å². The van der Waals surface area contributed by atoms with E-state index in [4.69, 9.17) is 9.72 Å². The van der Waals surface area contributed by atoms with Crippen molar-refractivity contribution in [3.05, 3.63) is 59.2 Å². The molecule has 3 aromatic rings. The smallest absolute Gasteiger partial charge is 0.336 e. The van der Waals surface area contributed by atoms with Gasteiger partial charge < -0.3 is 9.84 Å². The number of carbonyl (C=O) groups is 1. The van der Waals surface area contributed by atoms with Crippen LogP contribution in [0.5, 0.6) is 5.75 Å². The van der Waals surface area contributed by atoms with Crippen molar-refractivity contribution in [1.29, 1.82) is 0 Å². The van der Waals surface area contributed by atoms with Crippen molar-refractivity contribution in [3.63, 3.8) is 0 Å². The van der Waals surface area contributed by atoms with Crippen molar-refractivity contribution in [2.24, 2.45) is 0 Å². The Balaban J connectivity index is 2.37. The average molecular weight is 307 g/mol. The molecule has 4 heteroatoms. The maximum atomic E-state index is 11.7. The van der Waals surface area contributed by atoms with Gasteiger partial charge in [-0.15, -0.1) is 0 Å². The lowest BCUT2D eigenvalue weighted by Crippen LogP contribution is -2.02. The first-order chi connectivity index (χ1) is 11.0. The van der Waals surface area contributed by atoms with Crippen molar-refractivity contribution in [2.75, 3.05) is 7.11 Å². The Labute approximate surface area is 134 Å². The molecule has 0 saturated carbocycles. The summed E-state index contributed by atoms with van der Waals surface area (Å²) in [6.45, 7) is 3.91. The fourth-order valence-corrected chi connectivity index (χ4v) is 2.73. The molecule has 0 aliphatic carbocycles. The summed E-state index contributed by atoms with van der Waals surface area (Å²) in [6, 6.07) is 13.0. The number of aromatic carboxylic acids is 1. The monoisotopic (exact) mass is 307 g/mol. The Morgan fingerprint density at radius 1 is 1.13 bits per heavy atom. The molecule has 0 aliphatic rings. The number of hydrogen-bond donors (Lipinski definition) is 1. The number of methoxy groups -OCH3 is 1. The van der Waals surface area contributed by atoms with E-state index in [1.807, 2.05) is 44.2 Å². The molecule has 0 fully saturated rings. The second kappa shape index (κ2) is 5.72.